The molecule has 0 bridgehead atoms. The molecule has 0 radical (unpaired) electrons. The van der Waals surface area contributed by atoms with E-state index in [1.165, 1.54) is 0 Å². The van der Waals surface area contributed by atoms with Crippen LogP contribution in [0.5, 0.6) is 0 Å². The maximum absolute atomic E-state index is 11.3. The van der Waals surface area contributed by atoms with Gasteiger partial charge >= 0.3 is 12.1 Å². The highest BCUT2D eigenvalue weighted by atomic mass is 16.5. The van der Waals surface area contributed by atoms with Gasteiger partial charge in [0.1, 0.15) is 6.61 Å². The Kier molecular flexibility index (Phi) is 3.20. The first-order valence-electron chi connectivity index (χ1n) is 5.45. The number of rotatable bonds is 4. The molecule has 0 aliphatic heterocycles. The molecule has 96 valence electrons. The highest BCUT2D eigenvalue weighted by Crippen LogP contribution is 2.36. The maximum Gasteiger partial charge on any atom is 0.407 e. The minimum Gasteiger partial charge on any atom is -0.479 e. The number of ether oxygens (including phenoxy) is 1. The molecule has 0 heterocycles. The van der Waals surface area contributed by atoms with Gasteiger partial charge in [0.25, 0.3) is 0 Å². The van der Waals surface area contributed by atoms with Gasteiger partial charge in [0.15, 0.2) is 5.60 Å². The third kappa shape index (κ3) is 2.60. The normalized spacial score (nSPS) is 25.3. The second-order valence-corrected chi connectivity index (χ2v) is 4.19. The summed E-state index contributed by atoms with van der Waals surface area (Å²) in [5.74, 6) is -1.34. The number of amides is 1. The third-order valence-corrected chi connectivity index (χ3v) is 2.81. The summed E-state index contributed by atoms with van der Waals surface area (Å²) in [4.78, 5) is 22.0. The maximum atomic E-state index is 11.3. The Morgan fingerprint density at radius 1 is 1.39 bits per heavy atom. The van der Waals surface area contributed by atoms with Crippen molar-refractivity contribution < 1.29 is 24.5 Å². The lowest BCUT2D eigenvalue weighted by atomic mass is 10.2. The van der Waals surface area contributed by atoms with E-state index in [1.807, 2.05) is 18.2 Å². The van der Waals surface area contributed by atoms with Gasteiger partial charge < -0.3 is 20.3 Å². The van der Waals surface area contributed by atoms with Crippen molar-refractivity contribution >= 4 is 12.1 Å². The Balaban J connectivity index is 1.76. The highest BCUT2D eigenvalue weighted by Gasteiger charge is 2.60. The summed E-state index contributed by atoms with van der Waals surface area (Å²) in [5.41, 5.74) is -1.01. The van der Waals surface area contributed by atoms with Gasteiger partial charge in [-0.15, -0.1) is 0 Å². The molecule has 1 aliphatic rings. The molecule has 1 aliphatic carbocycles. The van der Waals surface area contributed by atoms with Gasteiger partial charge in [0.2, 0.25) is 0 Å². The second-order valence-electron chi connectivity index (χ2n) is 4.19. The van der Waals surface area contributed by atoms with E-state index in [9.17, 15) is 14.7 Å². The minimum atomic E-state index is -1.84. The lowest BCUT2D eigenvalue weighted by Crippen LogP contribution is -2.36. The third-order valence-electron chi connectivity index (χ3n) is 2.81. The topological polar surface area (TPSA) is 95.9 Å². The Bertz CT molecular complexity index is 461. The number of carbonyl (C=O) groups excluding carboxylic acids is 1. The molecule has 1 unspecified atom stereocenters. The highest BCUT2D eigenvalue weighted by molar-refractivity contribution is 5.84. The van der Waals surface area contributed by atoms with Crippen LogP contribution in [0.25, 0.3) is 0 Å². The Hall–Kier alpha value is -2.08. The molecule has 2 atom stereocenters. The molecule has 2 rings (SSSR count). The number of alkyl carbamates (subject to hydrolysis) is 1. The van der Waals surface area contributed by atoms with Gasteiger partial charge in [-0.2, -0.15) is 0 Å². The molecule has 3 N–H and O–H groups in total. The number of hydrogen-bond donors (Lipinski definition) is 3. The van der Waals surface area contributed by atoms with Crippen LogP contribution < -0.4 is 5.32 Å². The zero-order valence-corrected chi connectivity index (χ0v) is 9.50. The average Bonchev–Trinajstić information content (AvgIpc) is 3.00. The molecule has 6 heteroatoms. The van der Waals surface area contributed by atoms with Crippen LogP contribution in [-0.4, -0.2) is 33.9 Å². The lowest BCUT2D eigenvalue weighted by molar-refractivity contribution is -0.149. The number of carboxylic acids is 1. The number of aliphatic carboxylic acids is 1. The van der Waals surface area contributed by atoms with Gasteiger partial charge in [-0.05, 0) is 5.56 Å². The summed E-state index contributed by atoms with van der Waals surface area (Å²) >= 11 is 0. The van der Waals surface area contributed by atoms with Gasteiger partial charge in [0, 0.05) is 6.42 Å². The predicted octanol–water partition coefficient (Wildman–Crippen LogP) is 0.501. The van der Waals surface area contributed by atoms with Crippen molar-refractivity contribution in [1.82, 2.24) is 5.32 Å². The van der Waals surface area contributed by atoms with Crippen molar-refractivity contribution in [2.45, 2.75) is 24.7 Å². The Labute approximate surface area is 103 Å². The number of benzene rings is 1. The van der Waals surface area contributed by atoms with Crippen LogP contribution >= 0.6 is 0 Å². The number of hydrogen-bond acceptors (Lipinski definition) is 4. The van der Waals surface area contributed by atoms with Crippen LogP contribution in [0.1, 0.15) is 12.0 Å². The quantitative estimate of drug-likeness (QED) is 0.724. The summed E-state index contributed by atoms with van der Waals surface area (Å²) in [5, 5.41) is 20.4. The van der Waals surface area contributed by atoms with E-state index in [2.05, 4.69) is 5.32 Å². The zero-order chi connectivity index (χ0) is 13.2. The molecule has 1 aromatic rings. The fourth-order valence-corrected chi connectivity index (χ4v) is 1.57. The fourth-order valence-electron chi connectivity index (χ4n) is 1.57. The van der Waals surface area contributed by atoms with Crippen LogP contribution in [-0.2, 0) is 16.1 Å². The van der Waals surface area contributed by atoms with Crippen molar-refractivity contribution in [3.63, 3.8) is 0 Å². The second kappa shape index (κ2) is 4.66. The minimum absolute atomic E-state index is 0.00275. The standard InChI is InChI=1S/C12H13NO5/c14-10(15)12(17)6-9(12)13-11(16)18-7-8-4-2-1-3-5-8/h1-5,9,17H,6-7H2,(H,13,16)(H,14,15)/t9?,12-/m0/s1. The molecule has 0 spiro atoms. The number of carboxylic acid groups (broad SMARTS) is 1. The molecule has 0 aromatic heterocycles. The molecule has 18 heavy (non-hydrogen) atoms. The van der Waals surface area contributed by atoms with E-state index in [-0.39, 0.29) is 13.0 Å². The first-order chi connectivity index (χ1) is 8.52. The summed E-state index contributed by atoms with van der Waals surface area (Å²) in [6.45, 7) is 0.102. The Morgan fingerprint density at radius 3 is 2.61 bits per heavy atom. The summed E-state index contributed by atoms with van der Waals surface area (Å²) in [6.07, 6.45) is -0.732. The molecule has 1 amide bonds. The summed E-state index contributed by atoms with van der Waals surface area (Å²) in [6, 6.07) is 8.32. The SMILES string of the molecule is O=C(NC1C[C@@]1(O)C(=O)O)OCc1ccccc1. The van der Waals surface area contributed by atoms with E-state index < -0.39 is 23.7 Å². The molecular formula is C12H13NO5. The van der Waals surface area contributed by atoms with Gasteiger partial charge in [-0.1, -0.05) is 30.3 Å². The van der Waals surface area contributed by atoms with Crippen LogP contribution in [0.2, 0.25) is 0 Å². The van der Waals surface area contributed by atoms with Gasteiger partial charge in [-0.3, -0.25) is 0 Å². The number of carbonyl (C=O) groups is 2. The van der Waals surface area contributed by atoms with Crippen molar-refractivity contribution in [2.24, 2.45) is 0 Å². The van der Waals surface area contributed by atoms with Crippen molar-refractivity contribution in [3.05, 3.63) is 35.9 Å². The molecule has 1 saturated carbocycles. The first kappa shape index (κ1) is 12.4. The van der Waals surface area contributed by atoms with E-state index in [0.29, 0.717) is 0 Å². The van der Waals surface area contributed by atoms with Crippen molar-refractivity contribution in [3.8, 4) is 0 Å². The molecular weight excluding hydrogens is 238 g/mol. The van der Waals surface area contributed by atoms with E-state index in [4.69, 9.17) is 9.84 Å². The van der Waals surface area contributed by atoms with E-state index >= 15 is 0 Å². The predicted molar refractivity (Wildman–Crippen MR) is 60.8 cm³/mol. The van der Waals surface area contributed by atoms with Gasteiger partial charge in [-0.25, -0.2) is 9.59 Å². The van der Waals surface area contributed by atoms with Crippen LogP contribution in [0.3, 0.4) is 0 Å². The van der Waals surface area contributed by atoms with Crippen molar-refractivity contribution in [1.29, 1.82) is 0 Å². The monoisotopic (exact) mass is 251 g/mol. The van der Waals surface area contributed by atoms with Gasteiger partial charge in [0.05, 0.1) is 6.04 Å². The smallest absolute Gasteiger partial charge is 0.407 e. The number of nitrogens with one attached hydrogen (secondary N) is 1. The Morgan fingerprint density at radius 2 is 2.06 bits per heavy atom. The van der Waals surface area contributed by atoms with E-state index in [0.717, 1.165) is 5.56 Å². The average molecular weight is 251 g/mol. The van der Waals surface area contributed by atoms with Crippen LogP contribution in [0.4, 0.5) is 4.79 Å². The molecule has 1 fully saturated rings. The fraction of sp³-hybridized carbons (Fsp3) is 0.333. The lowest BCUT2D eigenvalue weighted by Gasteiger charge is -2.08. The zero-order valence-electron chi connectivity index (χ0n) is 9.50. The molecule has 6 nitrogen and oxygen atoms in total. The molecule has 0 saturated heterocycles. The number of aliphatic hydroxyl groups is 1. The van der Waals surface area contributed by atoms with Crippen molar-refractivity contribution in [2.75, 3.05) is 0 Å². The largest absolute Gasteiger partial charge is 0.479 e. The summed E-state index contributed by atoms with van der Waals surface area (Å²) < 4.78 is 4.90. The first-order valence-corrected chi connectivity index (χ1v) is 5.45. The van der Waals surface area contributed by atoms with Crippen LogP contribution in [0, 0.1) is 0 Å². The van der Waals surface area contributed by atoms with Crippen LogP contribution in [0.15, 0.2) is 30.3 Å². The van der Waals surface area contributed by atoms with E-state index in [1.54, 1.807) is 12.1 Å². The summed E-state index contributed by atoms with van der Waals surface area (Å²) in [7, 11) is 0. The molecule has 1 aromatic carbocycles.